The lowest BCUT2D eigenvalue weighted by molar-refractivity contribution is 0.373. The maximum atomic E-state index is 13.4. The molecule has 0 aliphatic carbocycles. The van der Waals surface area contributed by atoms with Crippen molar-refractivity contribution in [2.24, 2.45) is 4.99 Å². The Morgan fingerprint density at radius 2 is 1.91 bits per heavy atom. The van der Waals surface area contributed by atoms with Gasteiger partial charge in [0.25, 0.3) is 5.56 Å². The third-order valence-electron chi connectivity index (χ3n) is 5.83. The lowest BCUT2D eigenvalue weighted by Crippen LogP contribution is -2.24. The van der Waals surface area contributed by atoms with Crippen molar-refractivity contribution in [1.82, 2.24) is 29.3 Å². The van der Waals surface area contributed by atoms with E-state index in [9.17, 15) is 13.6 Å². The summed E-state index contributed by atoms with van der Waals surface area (Å²) in [4.78, 5) is 22.1. The SMILES string of the molecule is CCCCCn1c2c(c(=O)n3c(CCc4nc(Cc5cc(F)cc(F)c5)no4)nnc13)CC(Br)=N2. The second-order valence-corrected chi connectivity index (χ2v) is 9.36. The van der Waals surface area contributed by atoms with Gasteiger partial charge in [0.15, 0.2) is 5.82 Å². The van der Waals surface area contributed by atoms with Gasteiger partial charge in [-0.05, 0) is 40.0 Å². The molecule has 0 atom stereocenters. The van der Waals surface area contributed by atoms with E-state index < -0.39 is 11.6 Å². The molecular formula is C23H22BrF2N7O2. The maximum absolute atomic E-state index is 13.4. The number of halogens is 3. The van der Waals surface area contributed by atoms with Crippen LogP contribution >= 0.6 is 15.9 Å². The summed E-state index contributed by atoms with van der Waals surface area (Å²) in [7, 11) is 0. The molecule has 0 saturated carbocycles. The van der Waals surface area contributed by atoms with E-state index >= 15 is 0 Å². The fourth-order valence-electron chi connectivity index (χ4n) is 4.23. The molecule has 1 aromatic carbocycles. The number of fused-ring (bicyclic) bond motifs is 2. The smallest absolute Gasteiger partial charge is 0.266 e. The highest BCUT2D eigenvalue weighted by Crippen LogP contribution is 2.28. The van der Waals surface area contributed by atoms with Gasteiger partial charge in [0.1, 0.15) is 23.3 Å². The van der Waals surface area contributed by atoms with Crippen LogP contribution in [0, 0.1) is 11.6 Å². The third-order valence-corrected chi connectivity index (χ3v) is 6.29. The van der Waals surface area contributed by atoms with Crippen LogP contribution in [-0.4, -0.2) is 33.9 Å². The Morgan fingerprint density at radius 1 is 1.11 bits per heavy atom. The van der Waals surface area contributed by atoms with E-state index in [0.29, 0.717) is 70.7 Å². The van der Waals surface area contributed by atoms with Crippen molar-refractivity contribution in [3.05, 3.63) is 68.9 Å². The molecule has 0 spiro atoms. The van der Waals surface area contributed by atoms with Crippen molar-refractivity contribution in [2.45, 2.75) is 58.4 Å². The van der Waals surface area contributed by atoms with Gasteiger partial charge in [0.05, 0.1) is 10.2 Å². The summed E-state index contributed by atoms with van der Waals surface area (Å²) in [5, 5.41) is 12.5. The van der Waals surface area contributed by atoms with Crippen molar-refractivity contribution >= 4 is 32.1 Å². The predicted octanol–water partition coefficient (Wildman–Crippen LogP) is 4.10. The molecule has 1 aliphatic rings. The van der Waals surface area contributed by atoms with Crippen LogP contribution in [0.15, 0.2) is 32.5 Å². The van der Waals surface area contributed by atoms with Gasteiger partial charge in [0.2, 0.25) is 11.7 Å². The number of aromatic nitrogens is 6. The Labute approximate surface area is 207 Å². The molecule has 0 N–H and O–H groups in total. The van der Waals surface area contributed by atoms with Gasteiger partial charge in [0, 0.05) is 38.3 Å². The Morgan fingerprint density at radius 3 is 2.69 bits per heavy atom. The highest BCUT2D eigenvalue weighted by Gasteiger charge is 2.25. The summed E-state index contributed by atoms with van der Waals surface area (Å²) >= 11 is 3.43. The summed E-state index contributed by atoms with van der Waals surface area (Å²) in [5.74, 6) is 0.925. The zero-order chi connectivity index (χ0) is 24.5. The number of hydrogen-bond donors (Lipinski definition) is 0. The van der Waals surface area contributed by atoms with E-state index in [4.69, 9.17) is 4.52 Å². The molecule has 0 amide bonds. The molecule has 9 nitrogen and oxygen atoms in total. The Hall–Kier alpha value is -3.28. The quantitative estimate of drug-likeness (QED) is 0.293. The number of nitrogens with zero attached hydrogens (tertiary/aromatic N) is 7. The van der Waals surface area contributed by atoms with E-state index in [0.717, 1.165) is 25.3 Å². The first kappa shape index (κ1) is 23.5. The Kier molecular flexibility index (Phi) is 6.54. The highest BCUT2D eigenvalue weighted by atomic mass is 79.9. The van der Waals surface area contributed by atoms with Crippen LogP contribution < -0.4 is 5.56 Å². The normalized spacial score (nSPS) is 13.0. The lowest BCUT2D eigenvalue weighted by Gasteiger charge is -2.12. The zero-order valence-electron chi connectivity index (χ0n) is 19.0. The van der Waals surface area contributed by atoms with E-state index in [1.807, 2.05) is 4.57 Å². The van der Waals surface area contributed by atoms with Crippen molar-refractivity contribution in [3.63, 3.8) is 0 Å². The van der Waals surface area contributed by atoms with Crippen molar-refractivity contribution in [1.29, 1.82) is 0 Å². The van der Waals surface area contributed by atoms with Crippen molar-refractivity contribution < 1.29 is 13.3 Å². The highest BCUT2D eigenvalue weighted by molar-refractivity contribution is 9.18. The fraction of sp³-hybridized carbons (Fsp3) is 0.391. The molecule has 0 bridgehead atoms. The molecule has 0 radical (unpaired) electrons. The second-order valence-electron chi connectivity index (χ2n) is 8.44. The minimum atomic E-state index is -0.660. The van der Waals surface area contributed by atoms with Crippen LogP contribution in [0.3, 0.4) is 0 Å². The van der Waals surface area contributed by atoms with Gasteiger partial charge in [-0.15, -0.1) is 10.2 Å². The standard InChI is InChI=1S/C23H22BrF2N7O2/c1-2-3-4-7-32-21-16(12-17(24)27-21)22(34)33-19(29-30-23(32)33)5-6-20-28-18(31-35-20)10-13-8-14(25)11-15(26)9-13/h8-9,11H,2-7,10,12H2,1H3. The van der Waals surface area contributed by atoms with Gasteiger partial charge in [-0.2, -0.15) is 4.98 Å². The predicted molar refractivity (Wildman–Crippen MR) is 127 cm³/mol. The first-order chi connectivity index (χ1) is 16.9. The summed E-state index contributed by atoms with van der Waals surface area (Å²) in [6, 6.07) is 3.27. The third kappa shape index (κ3) is 4.79. The molecule has 1 aliphatic heterocycles. The largest absolute Gasteiger partial charge is 0.339 e. The van der Waals surface area contributed by atoms with Crippen LogP contribution in [0.2, 0.25) is 0 Å². The van der Waals surface area contributed by atoms with E-state index in [2.05, 4.69) is 48.2 Å². The monoisotopic (exact) mass is 545 g/mol. The summed E-state index contributed by atoms with van der Waals surface area (Å²) in [6.07, 6.45) is 4.32. The molecular weight excluding hydrogens is 524 g/mol. The summed E-state index contributed by atoms with van der Waals surface area (Å²) < 4.78 is 36.4. The molecule has 3 aromatic heterocycles. The van der Waals surface area contributed by atoms with Gasteiger partial charge >= 0.3 is 0 Å². The van der Waals surface area contributed by atoms with Gasteiger partial charge < -0.3 is 4.52 Å². The van der Waals surface area contributed by atoms with Crippen LogP contribution in [0.4, 0.5) is 14.6 Å². The van der Waals surface area contributed by atoms with Crippen LogP contribution in [0.25, 0.3) is 5.78 Å². The fourth-order valence-corrected chi connectivity index (χ4v) is 4.67. The molecule has 35 heavy (non-hydrogen) atoms. The molecule has 0 unspecified atom stereocenters. The molecule has 0 saturated heterocycles. The van der Waals surface area contributed by atoms with E-state index in [1.54, 1.807) is 4.40 Å². The average Bonchev–Trinajstić information content (AvgIpc) is 3.52. The van der Waals surface area contributed by atoms with E-state index in [-0.39, 0.29) is 12.0 Å². The first-order valence-electron chi connectivity index (χ1n) is 11.4. The molecule has 4 aromatic rings. The van der Waals surface area contributed by atoms with Crippen LogP contribution in [0.5, 0.6) is 0 Å². The van der Waals surface area contributed by atoms with Crippen molar-refractivity contribution in [2.75, 3.05) is 0 Å². The first-order valence-corrected chi connectivity index (χ1v) is 12.2. The molecule has 4 heterocycles. The minimum Gasteiger partial charge on any atom is -0.339 e. The zero-order valence-corrected chi connectivity index (χ0v) is 20.6. The number of hydrogen-bond acceptors (Lipinski definition) is 7. The van der Waals surface area contributed by atoms with Crippen LogP contribution in [0.1, 0.15) is 54.9 Å². The number of unbranched alkanes of at least 4 members (excludes halogenated alkanes) is 2. The Bertz CT molecular complexity index is 1470. The summed E-state index contributed by atoms with van der Waals surface area (Å²) in [5.41, 5.74) is 0.841. The minimum absolute atomic E-state index is 0.134. The molecule has 0 fully saturated rings. The average molecular weight is 546 g/mol. The lowest BCUT2D eigenvalue weighted by atomic mass is 10.1. The number of benzene rings is 1. The number of aliphatic imine (C=N–C) groups is 1. The second kappa shape index (κ2) is 9.76. The van der Waals surface area contributed by atoms with E-state index in [1.165, 1.54) is 12.1 Å². The summed E-state index contributed by atoms with van der Waals surface area (Å²) in [6.45, 7) is 2.82. The topological polar surface area (TPSA) is 103 Å². The number of aryl methyl sites for hydroxylation is 3. The van der Waals surface area contributed by atoms with Gasteiger partial charge in [-0.25, -0.2) is 18.2 Å². The van der Waals surface area contributed by atoms with Gasteiger partial charge in [-0.3, -0.25) is 9.36 Å². The van der Waals surface area contributed by atoms with Crippen LogP contribution in [-0.2, 0) is 32.2 Å². The van der Waals surface area contributed by atoms with Crippen molar-refractivity contribution in [3.8, 4) is 0 Å². The molecule has 5 rings (SSSR count). The Balaban J connectivity index is 1.38. The number of rotatable bonds is 9. The maximum Gasteiger partial charge on any atom is 0.266 e. The van der Waals surface area contributed by atoms with Gasteiger partial charge in [-0.1, -0.05) is 24.9 Å². The molecule has 12 heteroatoms. The molecule has 182 valence electrons.